The van der Waals surface area contributed by atoms with E-state index in [1.807, 2.05) is 24.3 Å². The van der Waals surface area contributed by atoms with Crippen molar-refractivity contribution in [1.82, 2.24) is 5.32 Å². The van der Waals surface area contributed by atoms with E-state index in [1.165, 1.54) is 0 Å². The van der Waals surface area contributed by atoms with E-state index in [-0.39, 0.29) is 25.2 Å². The van der Waals surface area contributed by atoms with Crippen LogP contribution in [0.5, 0.6) is 0 Å². The third-order valence-electron chi connectivity index (χ3n) is 3.80. The summed E-state index contributed by atoms with van der Waals surface area (Å²) in [7, 11) is 0. The number of ketones is 1. The van der Waals surface area contributed by atoms with E-state index in [0.29, 0.717) is 12.0 Å². The van der Waals surface area contributed by atoms with Crippen LogP contribution in [0.4, 0.5) is 4.79 Å². The number of carboxylic acids is 1. The molecule has 0 fully saturated rings. The van der Waals surface area contributed by atoms with Crippen molar-refractivity contribution in [3.05, 3.63) is 71.8 Å². The molecule has 0 bridgehead atoms. The van der Waals surface area contributed by atoms with E-state index in [1.54, 1.807) is 36.4 Å². The van der Waals surface area contributed by atoms with Crippen LogP contribution in [0.2, 0.25) is 0 Å². The lowest BCUT2D eigenvalue weighted by atomic mass is 10.0. The highest BCUT2D eigenvalue weighted by Crippen LogP contribution is 2.09. The maximum absolute atomic E-state index is 12.0. The highest BCUT2D eigenvalue weighted by molar-refractivity contribution is 5.96. The number of nitrogens with one attached hydrogen (secondary N) is 1. The minimum absolute atomic E-state index is 0.0543. The molecule has 0 saturated heterocycles. The smallest absolute Gasteiger partial charge is 0.408 e. The minimum Gasteiger partial charge on any atom is -0.480 e. The standard InChI is InChI=1S/C20H21NO5/c22-18(16-10-5-2-6-11-16)13-7-12-17(19(23)24)21-20(25)26-14-15-8-3-1-4-9-15/h1-6,8-11,17H,7,12-14H2,(H,21,25)(H,23,24). The molecule has 0 spiro atoms. The lowest BCUT2D eigenvalue weighted by Gasteiger charge is -2.14. The number of aliphatic carboxylic acids is 1. The number of amides is 1. The fraction of sp³-hybridized carbons (Fsp3) is 0.250. The number of benzene rings is 2. The predicted octanol–water partition coefficient (Wildman–Crippen LogP) is 3.42. The molecule has 136 valence electrons. The molecule has 1 unspecified atom stereocenters. The van der Waals surface area contributed by atoms with Crippen LogP contribution >= 0.6 is 0 Å². The van der Waals surface area contributed by atoms with Crippen LogP contribution < -0.4 is 5.32 Å². The number of alkyl carbamates (subject to hydrolysis) is 1. The first-order chi connectivity index (χ1) is 12.6. The largest absolute Gasteiger partial charge is 0.480 e. The molecule has 0 aliphatic heterocycles. The normalized spacial score (nSPS) is 11.4. The molecule has 2 aromatic carbocycles. The van der Waals surface area contributed by atoms with Gasteiger partial charge in [-0.3, -0.25) is 4.79 Å². The molecule has 0 aliphatic carbocycles. The molecule has 1 amide bonds. The molecule has 6 nitrogen and oxygen atoms in total. The Hall–Kier alpha value is -3.15. The number of hydrogen-bond acceptors (Lipinski definition) is 4. The van der Waals surface area contributed by atoms with Crippen LogP contribution in [0.3, 0.4) is 0 Å². The number of carbonyl (C=O) groups excluding carboxylic acids is 2. The van der Waals surface area contributed by atoms with Gasteiger partial charge in [0, 0.05) is 12.0 Å². The van der Waals surface area contributed by atoms with Crippen molar-refractivity contribution in [3.8, 4) is 0 Å². The van der Waals surface area contributed by atoms with Gasteiger partial charge in [0.25, 0.3) is 0 Å². The second-order valence-corrected chi connectivity index (χ2v) is 5.78. The van der Waals surface area contributed by atoms with Crippen LogP contribution in [-0.4, -0.2) is 29.0 Å². The van der Waals surface area contributed by atoms with Crippen LogP contribution in [0.25, 0.3) is 0 Å². The van der Waals surface area contributed by atoms with Crippen molar-refractivity contribution in [2.24, 2.45) is 0 Å². The first-order valence-corrected chi connectivity index (χ1v) is 8.34. The fourth-order valence-corrected chi connectivity index (χ4v) is 2.40. The predicted molar refractivity (Wildman–Crippen MR) is 95.8 cm³/mol. The van der Waals surface area contributed by atoms with E-state index in [0.717, 1.165) is 5.56 Å². The molecule has 0 aromatic heterocycles. The summed E-state index contributed by atoms with van der Waals surface area (Å²) >= 11 is 0. The van der Waals surface area contributed by atoms with Gasteiger partial charge in [0.1, 0.15) is 12.6 Å². The van der Waals surface area contributed by atoms with Crippen molar-refractivity contribution >= 4 is 17.8 Å². The van der Waals surface area contributed by atoms with Gasteiger partial charge in [0.05, 0.1) is 0 Å². The van der Waals surface area contributed by atoms with Gasteiger partial charge in [-0.2, -0.15) is 0 Å². The van der Waals surface area contributed by atoms with Gasteiger partial charge in [-0.1, -0.05) is 60.7 Å². The zero-order chi connectivity index (χ0) is 18.8. The van der Waals surface area contributed by atoms with Gasteiger partial charge >= 0.3 is 12.1 Å². The first-order valence-electron chi connectivity index (χ1n) is 8.34. The van der Waals surface area contributed by atoms with Crippen molar-refractivity contribution in [2.75, 3.05) is 0 Å². The van der Waals surface area contributed by atoms with Crippen molar-refractivity contribution in [3.63, 3.8) is 0 Å². The topological polar surface area (TPSA) is 92.7 Å². The molecule has 0 saturated carbocycles. The van der Waals surface area contributed by atoms with E-state index < -0.39 is 18.1 Å². The summed E-state index contributed by atoms with van der Waals surface area (Å²) in [4.78, 5) is 35.1. The third kappa shape index (κ3) is 6.39. The molecule has 2 aromatic rings. The third-order valence-corrected chi connectivity index (χ3v) is 3.80. The van der Waals surface area contributed by atoms with E-state index in [4.69, 9.17) is 4.74 Å². The molecule has 0 radical (unpaired) electrons. The summed E-state index contributed by atoms with van der Waals surface area (Å²) in [6, 6.07) is 16.8. The summed E-state index contributed by atoms with van der Waals surface area (Å²) in [5.41, 5.74) is 1.40. The summed E-state index contributed by atoms with van der Waals surface area (Å²) in [6.45, 7) is 0.0610. The van der Waals surface area contributed by atoms with Crippen LogP contribution in [0, 0.1) is 0 Å². The highest BCUT2D eigenvalue weighted by atomic mass is 16.5. The van der Waals surface area contributed by atoms with Gasteiger partial charge in [-0.05, 0) is 18.4 Å². The second-order valence-electron chi connectivity index (χ2n) is 5.78. The Morgan fingerprint density at radius 1 is 0.962 bits per heavy atom. The molecular formula is C20H21NO5. The Labute approximate surface area is 151 Å². The van der Waals surface area contributed by atoms with Gasteiger partial charge in [0.15, 0.2) is 5.78 Å². The number of rotatable bonds is 9. The van der Waals surface area contributed by atoms with E-state index in [2.05, 4.69) is 5.32 Å². The zero-order valence-corrected chi connectivity index (χ0v) is 14.3. The highest BCUT2D eigenvalue weighted by Gasteiger charge is 2.21. The van der Waals surface area contributed by atoms with Gasteiger partial charge in [-0.25, -0.2) is 9.59 Å². The van der Waals surface area contributed by atoms with Crippen LogP contribution in [0.15, 0.2) is 60.7 Å². The maximum atomic E-state index is 12.0. The number of carbonyl (C=O) groups is 3. The molecule has 6 heteroatoms. The Balaban J connectivity index is 1.76. The Kier molecular flexibility index (Phi) is 7.36. The monoisotopic (exact) mass is 355 g/mol. The van der Waals surface area contributed by atoms with Gasteiger partial charge < -0.3 is 15.2 Å². The average Bonchev–Trinajstić information content (AvgIpc) is 2.67. The van der Waals surface area contributed by atoms with Crippen LogP contribution in [0.1, 0.15) is 35.2 Å². The molecule has 0 heterocycles. The Morgan fingerprint density at radius 3 is 2.19 bits per heavy atom. The Bertz CT molecular complexity index is 730. The van der Waals surface area contributed by atoms with E-state index in [9.17, 15) is 19.5 Å². The second kappa shape index (κ2) is 9.98. The molecule has 0 aliphatic rings. The first kappa shape index (κ1) is 19.2. The number of hydrogen-bond donors (Lipinski definition) is 2. The van der Waals surface area contributed by atoms with Crippen LogP contribution in [-0.2, 0) is 16.1 Å². The maximum Gasteiger partial charge on any atom is 0.408 e. The quantitative estimate of drug-likeness (QED) is 0.672. The Morgan fingerprint density at radius 2 is 1.58 bits per heavy atom. The molecule has 2 rings (SSSR count). The number of Topliss-reactive ketones (excluding diaryl/α,β-unsaturated/α-hetero) is 1. The molecular weight excluding hydrogens is 334 g/mol. The summed E-state index contributed by atoms with van der Waals surface area (Å²) < 4.78 is 5.03. The average molecular weight is 355 g/mol. The van der Waals surface area contributed by atoms with Crippen molar-refractivity contribution in [2.45, 2.75) is 31.9 Å². The lowest BCUT2D eigenvalue weighted by molar-refractivity contribution is -0.139. The fourth-order valence-electron chi connectivity index (χ4n) is 2.40. The number of carboxylic acid groups (broad SMARTS) is 1. The van der Waals surface area contributed by atoms with Crippen molar-refractivity contribution < 1.29 is 24.2 Å². The zero-order valence-electron chi connectivity index (χ0n) is 14.3. The minimum atomic E-state index is -1.16. The van der Waals surface area contributed by atoms with Gasteiger partial charge in [-0.15, -0.1) is 0 Å². The summed E-state index contributed by atoms with van der Waals surface area (Å²) in [5.74, 6) is -1.21. The summed E-state index contributed by atoms with van der Waals surface area (Å²) in [6.07, 6.45) is -0.0809. The van der Waals surface area contributed by atoms with Gasteiger partial charge in [0.2, 0.25) is 0 Å². The molecule has 1 atom stereocenters. The van der Waals surface area contributed by atoms with Crippen molar-refractivity contribution in [1.29, 1.82) is 0 Å². The van der Waals surface area contributed by atoms with E-state index >= 15 is 0 Å². The lowest BCUT2D eigenvalue weighted by Crippen LogP contribution is -2.41. The molecule has 26 heavy (non-hydrogen) atoms. The molecule has 2 N–H and O–H groups in total. The summed E-state index contributed by atoms with van der Waals surface area (Å²) in [5, 5.41) is 11.6. The SMILES string of the molecule is O=C(NC(CCCC(=O)c1ccccc1)C(=O)O)OCc1ccccc1. The number of ether oxygens (including phenoxy) is 1.